The van der Waals surface area contributed by atoms with Crippen LogP contribution >= 0.6 is 0 Å². The van der Waals surface area contributed by atoms with Gasteiger partial charge < -0.3 is 37.6 Å². The Hall–Kier alpha value is -2.73. The average Bonchev–Trinajstić information content (AvgIpc) is 2.65. The van der Waals surface area contributed by atoms with Gasteiger partial charge in [-0.1, -0.05) is 0 Å². The Balaban J connectivity index is 4.56. The van der Waals surface area contributed by atoms with E-state index in [0.717, 1.165) is 13.0 Å². The maximum atomic E-state index is 12.2. The molecule has 12 heteroatoms. The van der Waals surface area contributed by atoms with Crippen LogP contribution in [0.5, 0.6) is 0 Å². The summed E-state index contributed by atoms with van der Waals surface area (Å²) in [5, 5.41) is 5.14. The number of carbonyl (C=O) groups excluding carboxylic acids is 5. The lowest BCUT2D eigenvalue weighted by Gasteiger charge is -2.23. The second-order valence-corrected chi connectivity index (χ2v) is 6.89. The number of amides is 5. The van der Waals surface area contributed by atoms with E-state index in [-0.39, 0.29) is 51.1 Å². The van der Waals surface area contributed by atoms with E-state index in [0.29, 0.717) is 12.8 Å². The maximum Gasteiger partial charge on any atom is 0.240 e. The first-order chi connectivity index (χ1) is 14.1. The van der Waals surface area contributed by atoms with E-state index < -0.39 is 23.8 Å². The first-order valence-electron chi connectivity index (χ1n) is 9.98. The fraction of sp³-hybridized carbons (Fsp3) is 0.722. The summed E-state index contributed by atoms with van der Waals surface area (Å²) in [6.07, 6.45) is 1.91. The molecule has 12 nitrogen and oxygen atoms in total. The Morgan fingerprint density at radius 2 is 1.50 bits per heavy atom. The van der Waals surface area contributed by atoms with Crippen molar-refractivity contribution in [2.75, 3.05) is 45.8 Å². The lowest BCUT2D eigenvalue weighted by atomic mass is 10.1. The second-order valence-electron chi connectivity index (χ2n) is 6.89. The van der Waals surface area contributed by atoms with Crippen molar-refractivity contribution in [3.63, 3.8) is 0 Å². The van der Waals surface area contributed by atoms with Gasteiger partial charge in [-0.15, -0.1) is 0 Å². The van der Waals surface area contributed by atoms with Crippen molar-refractivity contribution in [3.8, 4) is 0 Å². The van der Waals surface area contributed by atoms with Crippen molar-refractivity contribution in [1.29, 1.82) is 0 Å². The lowest BCUT2D eigenvalue weighted by molar-refractivity contribution is -0.368. The van der Waals surface area contributed by atoms with Crippen LogP contribution in [0.25, 0.3) is 0 Å². The van der Waals surface area contributed by atoms with Gasteiger partial charge in [0.05, 0.1) is 19.6 Å². The molecule has 0 bridgehead atoms. The summed E-state index contributed by atoms with van der Waals surface area (Å²) < 4.78 is 0. The minimum absolute atomic E-state index is 0.0915. The number of unbranched alkanes of at least 4 members (excludes halogenated alkanes) is 1. The molecule has 9 N–H and O–H groups in total. The van der Waals surface area contributed by atoms with Crippen molar-refractivity contribution in [3.05, 3.63) is 0 Å². The number of hydrogen-bond donors (Lipinski definition) is 5. The van der Waals surface area contributed by atoms with Crippen molar-refractivity contribution in [1.82, 2.24) is 20.4 Å². The molecule has 0 spiro atoms. The van der Waals surface area contributed by atoms with Crippen LogP contribution in [-0.2, 0) is 24.0 Å². The predicted octanol–water partition coefficient (Wildman–Crippen LogP) is -3.86. The zero-order valence-corrected chi connectivity index (χ0v) is 17.9. The van der Waals surface area contributed by atoms with Gasteiger partial charge in [0.1, 0.15) is 6.04 Å². The molecule has 0 aliphatic heterocycles. The number of hydrogen-bond acceptors (Lipinski definition) is 6. The molecule has 0 saturated heterocycles. The van der Waals surface area contributed by atoms with E-state index in [4.69, 9.17) is 11.5 Å². The zero-order valence-electron chi connectivity index (χ0n) is 17.9. The van der Waals surface area contributed by atoms with E-state index in [1.165, 1.54) is 23.6 Å². The van der Waals surface area contributed by atoms with E-state index in [1.807, 2.05) is 0 Å². The molecule has 0 aromatic heterocycles. The van der Waals surface area contributed by atoms with Crippen LogP contribution in [0.2, 0.25) is 0 Å². The molecule has 0 aliphatic carbocycles. The number of nitrogens with zero attached hydrogens (tertiary/aromatic N) is 2. The van der Waals surface area contributed by atoms with Gasteiger partial charge >= 0.3 is 0 Å². The summed E-state index contributed by atoms with van der Waals surface area (Å²) >= 11 is 0. The summed E-state index contributed by atoms with van der Waals surface area (Å²) in [5.74, 6) is -2.18. The molecule has 0 rings (SSSR count). The molecule has 0 aromatic carbocycles. The highest BCUT2D eigenvalue weighted by atomic mass is 16.2. The zero-order chi connectivity index (χ0) is 23.1. The van der Waals surface area contributed by atoms with Crippen LogP contribution in [0.1, 0.15) is 33.1 Å². The summed E-state index contributed by atoms with van der Waals surface area (Å²) in [6, 6.07) is -0.808. The largest absolute Gasteiger partial charge is 0.368 e. The van der Waals surface area contributed by atoms with Gasteiger partial charge in [0.15, 0.2) is 0 Å². The highest BCUT2D eigenvalue weighted by Gasteiger charge is 2.20. The van der Waals surface area contributed by atoms with Crippen LogP contribution < -0.4 is 27.8 Å². The number of quaternary nitrogens is 1. The van der Waals surface area contributed by atoms with Crippen LogP contribution in [-0.4, -0.2) is 91.2 Å². The highest BCUT2D eigenvalue weighted by Crippen LogP contribution is 2.00. The van der Waals surface area contributed by atoms with Crippen LogP contribution in [0.3, 0.4) is 0 Å². The van der Waals surface area contributed by atoms with E-state index in [2.05, 4.69) is 16.4 Å². The molecule has 5 amide bonds. The van der Waals surface area contributed by atoms with Gasteiger partial charge in [0, 0.05) is 40.0 Å². The Morgan fingerprint density at radius 1 is 0.933 bits per heavy atom. The van der Waals surface area contributed by atoms with E-state index in [1.54, 1.807) is 0 Å². The molecule has 30 heavy (non-hydrogen) atoms. The Labute approximate surface area is 176 Å². The summed E-state index contributed by atoms with van der Waals surface area (Å²) in [6.45, 7) is 3.65. The van der Waals surface area contributed by atoms with Gasteiger partial charge in [-0.05, 0) is 19.3 Å². The number of nitrogens with one attached hydrogen (secondary N) is 2. The minimum atomic E-state index is -0.808. The van der Waals surface area contributed by atoms with Crippen molar-refractivity contribution in [2.45, 2.75) is 39.2 Å². The quantitative estimate of drug-likeness (QED) is 0.165. The molecule has 0 saturated carbocycles. The molecule has 0 fully saturated rings. The molecule has 172 valence electrons. The van der Waals surface area contributed by atoms with Gasteiger partial charge in [-0.25, -0.2) is 0 Å². The summed E-state index contributed by atoms with van der Waals surface area (Å²) in [5.41, 5.74) is 14.4. The molecule has 0 aliphatic rings. The predicted molar refractivity (Wildman–Crippen MR) is 109 cm³/mol. The average molecular weight is 431 g/mol. The van der Waals surface area contributed by atoms with Gasteiger partial charge in [0.2, 0.25) is 29.5 Å². The Kier molecular flexibility index (Phi) is 13.8. The summed E-state index contributed by atoms with van der Waals surface area (Å²) in [7, 11) is 0. The van der Waals surface area contributed by atoms with Crippen molar-refractivity contribution < 1.29 is 29.7 Å². The molecular formula is C18H36N7O5+. The van der Waals surface area contributed by atoms with Gasteiger partial charge in [-0.2, -0.15) is 0 Å². The normalized spacial score (nSPS) is 11.3. The smallest absolute Gasteiger partial charge is 0.240 e. The fourth-order valence-electron chi connectivity index (χ4n) is 2.64. The van der Waals surface area contributed by atoms with E-state index >= 15 is 0 Å². The van der Waals surface area contributed by atoms with Gasteiger partial charge in [0.25, 0.3) is 0 Å². The first kappa shape index (κ1) is 27.3. The molecule has 0 radical (unpaired) electrons. The topological polar surface area (TPSA) is 196 Å². The third-order valence-corrected chi connectivity index (χ3v) is 4.33. The molecule has 1 unspecified atom stereocenters. The first-order valence-corrected chi connectivity index (χ1v) is 9.98. The number of nitrogens with two attached hydrogens (primary N) is 2. The Bertz CT molecular complexity index is 599. The molecular weight excluding hydrogens is 394 g/mol. The number of rotatable bonds is 15. The highest BCUT2D eigenvalue weighted by molar-refractivity contribution is 5.89. The van der Waals surface area contributed by atoms with Crippen LogP contribution in [0.4, 0.5) is 0 Å². The third kappa shape index (κ3) is 12.0. The Morgan fingerprint density at radius 3 is 2.00 bits per heavy atom. The van der Waals surface area contributed by atoms with Crippen LogP contribution in [0, 0.1) is 0 Å². The molecule has 0 aromatic rings. The second kappa shape index (κ2) is 15.2. The lowest BCUT2D eigenvalue weighted by Crippen LogP contribution is -2.51. The summed E-state index contributed by atoms with van der Waals surface area (Å²) in [4.78, 5) is 61.5. The monoisotopic (exact) mass is 430 g/mol. The standard InChI is InChI=1S/C18H35N7O5/c1-13(26)24(9-7-20)11-16(28)22-8-10-25(14(2)27)12-17(29)23-15(18(21)30)5-3-4-6-19/h15H,3-12,19-20H2,1-2H3,(H2,21,30)(H,22,28)(H,23,29)/p+1. The SMILES string of the molecule is CC(=O)N(CCN)CC(=O)NCCN(CC(=O)NC(CCCC[NH3+])C(N)=O)C(C)=O. The fourth-order valence-corrected chi connectivity index (χ4v) is 2.64. The molecule has 1 atom stereocenters. The van der Waals surface area contributed by atoms with Crippen molar-refractivity contribution >= 4 is 29.5 Å². The number of primary amides is 1. The molecule has 0 heterocycles. The van der Waals surface area contributed by atoms with Crippen LogP contribution in [0.15, 0.2) is 0 Å². The third-order valence-electron chi connectivity index (χ3n) is 4.33. The maximum absolute atomic E-state index is 12.2. The number of carbonyl (C=O) groups is 5. The van der Waals surface area contributed by atoms with Crippen molar-refractivity contribution in [2.24, 2.45) is 11.5 Å². The van der Waals surface area contributed by atoms with E-state index in [9.17, 15) is 24.0 Å². The minimum Gasteiger partial charge on any atom is -0.368 e. The van der Waals surface area contributed by atoms with Gasteiger partial charge in [-0.3, -0.25) is 24.0 Å².